The zero-order chi connectivity index (χ0) is 19.4. The van der Waals surface area contributed by atoms with E-state index in [1.165, 1.54) is 4.68 Å². The highest BCUT2D eigenvalue weighted by Crippen LogP contribution is 2.26. The molecule has 0 unspecified atom stereocenters. The van der Waals surface area contributed by atoms with Crippen molar-refractivity contribution >= 4 is 21.9 Å². The molecule has 0 aliphatic carbocycles. The van der Waals surface area contributed by atoms with Gasteiger partial charge in [-0.25, -0.2) is 17.9 Å². The molecule has 3 rings (SSSR count). The van der Waals surface area contributed by atoms with Gasteiger partial charge in [0.25, 0.3) is 10.0 Å². The normalized spacial score (nSPS) is 11.1. The number of hydrogen-bond donors (Lipinski definition) is 1. The molecular weight excluding hydrogens is 368 g/mol. The van der Waals surface area contributed by atoms with E-state index in [-0.39, 0.29) is 17.3 Å². The van der Waals surface area contributed by atoms with E-state index in [1.54, 1.807) is 54.6 Å². The highest BCUT2D eigenvalue weighted by atomic mass is 32.2. The molecule has 27 heavy (non-hydrogen) atoms. The van der Waals surface area contributed by atoms with Crippen LogP contribution in [-0.4, -0.2) is 35.7 Å². The number of nitrogens with two attached hydrogens (primary N) is 1. The molecule has 0 aliphatic rings. The third kappa shape index (κ3) is 3.63. The third-order valence-electron chi connectivity index (χ3n) is 3.89. The van der Waals surface area contributed by atoms with E-state index in [4.69, 9.17) is 5.73 Å². The Morgan fingerprint density at radius 3 is 2.30 bits per heavy atom. The number of benzene rings is 2. The molecule has 3 aromatic rings. The van der Waals surface area contributed by atoms with Crippen LogP contribution in [0.4, 0.5) is 10.6 Å². The summed E-state index contributed by atoms with van der Waals surface area (Å²) >= 11 is 0. The fourth-order valence-electron chi connectivity index (χ4n) is 2.53. The fourth-order valence-corrected chi connectivity index (χ4v) is 3.89. The average molecular weight is 386 g/mol. The van der Waals surface area contributed by atoms with Gasteiger partial charge in [-0.1, -0.05) is 48.5 Å². The molecule has 9 heteroatoms. The molecule has 0 saturated carbocycles. The van der Waals surface area contributed by atoms with E-state index in [0.29, 0.717) is 15.6 Å². The number of carbonyl (C=O) groups is 1. The second kappa shape index (κ2) is 7.50. The van der Waals surface area contributed by atoms with Crippen LogP contribution in [0.2, 0.25) is 0 Å². The van der Waals surface area contributed by atoms with Gasteiger partial charge in [0.15, 0.2) is 0 Å². The highest BCUT2D eigenvalue weighted by molar-refractivity contribution is 7.89. The average Bonchev–Trinajstić information content (AvgIpc) is 3.09. The molecule has 0 atom stereocenters. The lowest BCUT2D eigenvalue weighted by molar-refractivity contribution is 0.147. The minimum atomic E-state index is -4.28. The number of ether oxygens (including phenoxy) is 1. The quantitative estimate of drug-likeness (QED) is 0.721. The molecule has 0 radical (unpaired) electrons. The van der Waals surface area contributed by atoms with Crippen LogP contribution in [0, 0.1) is 0 Å². The molecule has 0 saturated heterocycles. The summed E-state index contributed by atoms with van der Waals surface area (Å²) in [6, 6.07) is 17.6. The van der Waals surface area contributed by atoms with E-state index in [2.05, 4.69) is 9.84 Å². The van der Waals surface area contributed by atoms with Crippen molar-refractivity contribution < 1.29 is 17.9 Å². The van der Waals surface area contributed by atoms with Gasteiger partial charge in [-0.3, -0.25) is 0 Å². The molecule has 1 amide bonds. The molecule has 2 N–H and O–H groups in total. The van der Waals surface area contributed by atoms with Crippen molar-refractivity contribution in [3.05, 3.63) is 72.4 Å². The standard InChI is InChI=1S/C18H18N4O4S/c1-26-18(23)21(13-14-8-4-2-5-9-14)27(24,25)16-12-20-22(17(16)19)15-10-6-3-7-11-15/h2-12H,13,19H2,1H3. The maximum Gasteiger partial charge on any atom is 0.423 e. The molecular formula is C18H18N4O4S. The van der Waals surface area contributed by atoms with Gasteiger partial charge in [-0.05, 0) is 17.7 Å². The van der Waals surface area contributed by atoms with Crippen LogP contribution in [0.1, 0.15) is 5.56 Å². The Morgan fingerprint density at radius 2 is 1.70 bits per heavy atom. The lowest BCUT2D eigenvalue weighted by atomic mass is 10.2. The molecule has 0 fully saturated rings. The maximum atomic E-state index is 13.1. The largest absolute Gasteiger partial charge is 0.452 e. The number of sulfonamides is 1. The van der Waals surface area contributed by atoms with Crippen molar-refractivity contribution in [1.29, 1.82) is 0 Å². The lowest BCUT2D eigenvalue weighted by Crippen LogP contribution is -2.36. The van der Waals surface area contributed by atoms with Gasteiger partial charge >= 0.3 is 6.09 Å². The van der Waals surface area contributed by atoms with Crippen LogP contribution < -0.4 is 5.73 Å². The van der Waals surface area contributed by atoms with Crippen molar-refractivity contribution in [2.75, 3.05) is 12.8 Å². The molecule has 1 aromatic heterocycles. The van der Waals surface area contributed by atoms with E-state index in [1.807, 2.05) is 6.07 Å². The van der Waals surface area contributed by atoms with E-state index >= 15 is 0 Å². The van der Waals surface area contributed by atoms with Crippen molar-refractivity contribution in [1.82, 2.24) is 14.1 Å². The van der Waals surface area contributed by atoms with Crippen molar-refractivity contribution in [2.24, 2.45) is 0 Å². The Morgan fingerprint density at radius 1 is 1.11 bits per heavy atom. The first kappa shape index (κ1) is 18.5. The van der Waals surface area contributed by atoms with E-state index < -0.39 is 16.1 Å². The first-order valence-electron chi connectivity index (χ1n) is 7.98. The minimum Gasteiger partial charge on any atom is -0.452 e. The zero-order valence-corrected chi connectivity index (χ0v) is 15.3. The topological polar surface area (TPSA) is 108 Å². The molecule has 0 spiro atoms. The molecule has 0 bridgehead atoms. The molecule has 0 aliphatic heterocycles. The number of amides is 1. The lowest BCUT2D eigenvalue weighted by Gasteiger charge is -2.20. The Balaban J connectivity index is 2.02. The molecule has 8 nitrogen and oxygen atoms in total. The number of nitrogen functional groups attached to an aromatic ring is 1. The number of nitrogens with zero attached hydrogens (tertiary/aromatic N) is 3. The van der Waals surface area contributed by atoms with Crippen LogP contribution in [0.3, 0.4) is 0 Å². The second-order valence-electron chi connectivity index (χ2n) is 5.61. The number of carbonyl (C=O) groups excluding carboxylic acids is 1. The van der Waals surface area contributed by atoms with Gasteiger partial charge in [0.1, 0.15) is 10.7 Å². The van der Waals surface area contributed by atoms with Crippen molar-refractivity contribution in [3.63, 3.8) is 0 Å². The second-order valence-corrected chi connectivity index (χ2v) is 7.44. The van der Waals surface area contributed by atoms with Gasteiger partial charge in [0, 0.05) is 0 Å². The number of hydrogen-bond acceptors (Lipinski definition) is 6. The predicted molar refractivity (Wildman–Crippen MR) is 99.6 cm³/mol. The third-order valence-corrected chi connectivity index (χ3v) is 5.62. The Hall–Kier alpha value is -3.33. The summed E-state index contributed by atoms with van der Waals surface area (Å²) < 4.78 is 32.8. The Bertz CT molecular complexity index is 1030. The van der Waals surface area contributed by atoms with Gasteiger partial charge in [0.05, 0.1) is 25.5 Å². The van der Waals surface area contributed by atoms with Gasteiger partial charge in [-0.15, -0.1) is 0 Å². The van der Waals surface area contributed by atoms with E-state index in [9.17, 15) is 13.2 Å². The van der Waals surface area contributed by atoms with Crippen LogP contribution in [0.15, 0.2) is 71.8 Å². The van der Waals surface area contributed by atoms with Crippen LogP contribution in [0.25, 0.3) is 5.69 Å². The number of anilines is 1. The SMILES string of the molecule is COC(=O)N(Cc1ccccc1)S(=O)(=O)c1cnn(-c2ccccc2)c1N. The summed E-state index contributed by atoms with van der Waals surface area (Å²) in [6.07, 6.45) is 0.115. The number of rotatable bonds is 5. The van der Waals surface area contributed by atoms with Gasteiger partial charge < -0.3 is 10.5 Å². The summed E-state index contributed by atoms with van der Waals surface area (Å²) in [6.45, 7) is -0.189. The fraction of sp³-hybridized carbons (Fsp3) is 0.111. The molecule has 1 heterocycles. The van der Waals surface area contributed by atoms with Crippen LogP contribution in [-0.2, 0) is 21.3 Å². The first-order chi connectivity index (χ1) is 12.9. The summed E-state index contributed by atoms with van der Waals surface area (Å²) in [7, 11) is -3.16. The smallest absolute Gasteiger partial charge is 0.423 e. The summed E-state index contributed by atoms with van der Waals surface area (Å²) in [5.41, 5.74) is 7.26. The summed E-state index contributed by atoms with van der Waals surface area (Å²) in [4.78, 5) is 11.9. The van der Waals surface area contributed by atoms with Gasteiger partial charge in [0.2, 0.25) is 0 Å². The summed E-state index contributed by atoms with van der Waals surface area (Å²) in [5, 5.41) is 4.06. The van der Waals surface area contributed by atoms with E-state index in [0.717, 1.165) is 13.3 Å². The number of aromatic nitrogens is 2. The molecule has 140 valence electrons. The number of methoxy groups -OCH3 is 1. The zero-order valence-electron chi connectivity index (χ0n) is 14.5. The monoisotopic (exact) mass is 386 g/mol. The van der Waals surface area contributed by atoms with Crippen LogP contribution in [0.5, 0.6) is 0 Å². The minimum absolute atomic E-state index is 0.0943. The number of para-hydroxylation sites is 1. The van der Waals surface area contributed by atoms with Crippen LogP contribution >= 0.6 is 0 Å². The molecule has 2 aromatic carbocycles. The Labute approximate surface area is 156 Å². The Kier molecular flexibility index (Phi) is 5.13. The van der Waals surface area contributed by atoms with Gasteiger partial charge in [-0.2, -0.15) is 9.40 Å². The van der Waals surface area contributed by atoms with Crippen molar-refractivity contribution in [2.45, 2.75) is 11.4 Å². The predicted octanol–water partition coefficient (Wildman–Crippen LogP) is 2.41. The first-order valence-corrected chi connectivity index (χ1v) is 9.42. The highest BCUT2D eigenvalue weighted by Gasteiger charge is 2.34. The summed E-state index contributed by atoms with van der Waals surface area (Å²) in [5.74, 6) is -0.0943. The van der Waals surface area contributed by atoms with Crippen molar-refractivity contribution in [3.8, 4) is 5.69 Å². The maximum absolute atomic E-state index is 13.1.